The number of nitrogens with one attached hydrogen (secondary N) is 2. The van der Waals surface area contributed by atoms with Gasteiger partial charge in [0.25, 0.3) is 0 Å². The van der Waals surface area contributed by atoms with E-state index in [9.17, 15) is 0 Å². The van der Waals surface area contributed by atoms with Gasteiger partial charge in [-0.1, -0.05) is 0 Å². The number of hydrogen-bond acceptors (Lipinski definition) is 4. The molecule has 18 heavy (non-hydrogen) atoms. The second kappa shape index (κ2) is 5.53. The monoisotopic (exact) mass is 246 g/mol. The molecule has 1 atom stereocenters. The van der Waals surface area contributed by atoms with E-state index in [1.165, 1.54) is 0 Å². The van der Waals surface area contributed by atoms with Crippen molar-refractivity contribution in [3.63, 3.8) is 0 Å². The Morgan fingerprint density at radius 3 is 2.72 bits per heavy atom. The summed E-state index contributed by atoms with van der Waals surface area (Å²) >= 11 is 0. The number of nitrogens with zero attached hydrogens (tertiary/aromatic N) is 2. The van der Waals surface area contributed by atoms with Gasteiger partial charge < -0.3 is 10.1 Å². The molecule has 0 radical (unpaired) electrons. The Morgan fingerprint density at radius 2 is 2.06 bits per heavy atom. The van der Waals surface area contributed by atoms with Crippen molar-refractivity contribution in [2.24, 2.45) is 0 Å². The first-order chi connectivity index (χ1) is 8.66. The Morgan fingerprint density at radius 1 is 1.22 bits per heavy atom. The highest BCUT2D eigenvalue weighted by Crippen LogP contribution is 2.25. The first-order valence-corrected chi connectivity index (χ1v) is 6.04. The predicted octanol–water partition coefficient (Wildman–Crippen LogP) is 2.77. The lowest BCUT2D eigenvalue weighted by Crippen LogP contribution is -2.12. The van der Waals surface area contributed by atoms with Crippen LogP contribution in [0.4, 0.5) is 5.69 Å². The van der Waals surface area contributed by atoms with Crippen LogP contribution in [0.1, 0.15) is 32.5 Å². The lowest BCUT2D eigenvalue weighted by atomic mass is 10.2. The zero-order valence-corrected chi connectivity index (χ0v) is 10.8. The molecule has 0 saturated heterocycles. The summed E-state index contributed by atoms with van der Waals surface area (Å²) in [6, 6.07) is 5.90. The molecule has 0 amide bonds. The molecule has 5 nitrogen and oxygen atoms in total. The maximum Gasteiger partial charge on any atom is 0.237 e. The van der Waals surface area contributed by atoms with Crippen molar-refractivity contribution < 1.29 is 4.74 Å². The van der Waals surface area contributed by atoms with Crippen LogP contribution in [-0.4, -0.2) is 21.3 Å². The molecule has 5 heteroatoms. The highest BCUT2D eigenvalue weighted by atomic mass is 16.5. The van der Waals surface area contributed by atoms with Crippen molar-refractivity contribution >= 4 is 5.69 Å². The summed E-state index contributed by atoms with van der Waals surface area (Å²) in [4.78, 5) is 4.24. The number of ether oxygens (including phenoxy) is 1. The summed E-state index contributed by atoms with van der Waals surface area (Å²) in [7, 11) is 0. The molecule has 2 heterocycles. The average molecular weight is 246 g/mol. The molecule has 0 aliphatic heterocycles. The summed E-state index contributed by atoms with van der Waals surface area (Å²) in [6.07, 6.45) is 3.56. The van der Waals surface area contributed by atoms with Gasteiger partial charge in [0.2, 0.25) is 5.88 Å². The number of aromatic nitrogens is 3. The summed E-state index contributed by atoms with van der Waals surface area (Å²) in [6.45, 7) is 6.02. The van der Waals surface area contributed by atoms with E-state index in [0.29, 0.717) is 5.88 Å². The molecule has 2 aromatic rings. The van der Waals surface area contributed by atoms with E-state index in [2.05, 4.69) is 27.4 Å². The van der Waals surface area contributed by atoms with Gasteiger partial charge in [0.05, 0.1) is 23.5 Å². The van der Waals surface area contributed by atoms with Crippen LogP contribution in [0.3, 0.4) is 0 Å². The lowest BCUT2D eigenvalue weighted by molar-refractivity contribution is 0.234. The fourth-order valence-electron chi connectivity index (χ4n) is 1.64. The van der Waals surface area contributed by atoms with Crippen LogP contribution in [-0.2, 0) is 0 Å². The quantitative estimate of drug-likeness (QED) is 0.851. The Bertz CT molecular complexity index is 481. The lowest BCUT2D eigenvalue weighted by Gasteiger charge is -2.17. The van der Waals surface area contributed by atoms with Gasteiger partial charge in [0.1, 0.15) is 0 Å². The molecule has 0 bridgehead atoms. The van der Waals surface area contributed by atoms with Gasteiger partial charge in [-0.05, 0) is 39.0 Å². The minimum Gasteiger partial charge on any atom is -0.473 e. The van der Waals surface area contributed by atoms with E-state index >= 15 is 0 Å². The maximum atomic E-state index is 5.66. The standard InChI is InChI=1S/C13H18N4O/c1-9(2)18-13-12(5-4-7-14-13)16-10(3)11-6-8-15-17-11/h4-10,16H,1-3H3,(H,15,17). The molecule has 2 N–H and O–H groups in total. The van der Waals surface area contributed by atoms with Crippen LogP contribution in [0.5, 0.6) is 5.88 Å². The summed E-state index contributed by atoms with van der Waals surface area (Å²) in [5.41, 5.74) is 1.91. The van der Waals surface area contributed by atoms with Crippen LogP contribution < -0.4 is 10.1 Å². The molecule has 0 fully saturated rings. The molecule has 2 aromatic heterocycles. The van der Waals surface area contributed by atoms with Crippen LogP contribution in [0.25, 0.3) is 0 Å². The van der Waals surface area contributed by atoms with Crippen LogP contribution >= 0.6 is 0 Å². The molecule has 96 valence electrons. The zero-order chi connectivity index (χ0) is 13.0. The highest BCUT2D eigenvalue weighted by Gasteiger charge is 2.11. The van der Waals surface area contributed by atoms with Gasteiger partial charge in [0.15, 0.2) is 0 Å². The Balaban J connectivity index is 2.13. The third-order valence-corrected chi connectivity index (χ3v) is 2.48. The molecule has 0 spiro atoms. The fraction of sp³-hybridized carbons (Fsp3) is 0.385. The normalized spacial score (nSPS) is 12.4. The Kier molecular flexibility index (Phi) is 3.82. The van der Waals surface area contributed by atoms with Crippen molar-refractivity contribution in [3.05, 3.63) is 36.3 Å². The molecular weight excluding hydrogens is 228 g/mol. The smallest absolute Gasteiger partial charge is 0.237 e. The minimum absolute atomic E-state index is 0.0999. The number of pyridine rings is 1. The summed E-state index contributed by atoms with van der Waals surface area (Å²) in [5, 5.41) is 10.2. The largest absolute Gasteiger partial charge is 0.473 e. The summed E-state index contributed by atoms with van der Waals surface area (Å²) in [5.74, 6) is 0.624. The molecule has 2 rings (SSSR count). The minimum atomic E-state index is 0.0999. The number of anilines is 1. The molecule has 0 aromatic carbocycles. The third-order valence-electron chi connectivity index (χ3n) is 2.48. The Labute approximate surface area is 107 Å². The molecule has 0 aliphatic carbocycles. The zero-order valence-electron chi connectivity index (χ0n) is 10.8. The second-order valence-corrected chi connectivity index (χ2v) is 4.40. The molecular formula is C13H18N4O. The van der Waals surface area contributed by atoms with E-state index in [0.717, 1.165) is 11.4 Å². The second-order valence-electron chi connectivity index (χ2n) is 4.40. The molecule has 1 unspecified atom stereocenters. The highest BCUT2D eigenvalue weighted by molar-refractivity contribution is 5.53. The number of hydrogen-bond donors (Lipinski definition) is 2. The fourth-order valence-corrected chi connectivity index (χ4v) is 1.64. The van der Waals surface area contributed by atoms with E-state index in [4.69, 9.17) is 4.74 Å². The van der Waals surface area contributed by atoms with Crippen LogP contribution in [0, 0.1) is 0 Å². The van der Waals surface area contributed by atoms with Gasteiger partial charge >= 0.3 is 0 Å². The first-order valence-electron chi connectivity index (χ1n) is 6.04. The predicted molar refractivity (Wildman–Crippen MR) is 70.6 cm³/mol. The number of rotatable bonds is 5. The number of aromatic amines is 1. The molecule has 0 aliphatic rings. The van der Waals surface area contributed by atoms with Crippen LogP contribution in [0.15, 0.2) is 30.6 Å². The van der Waals surface area contributed by atoms with Crippen molar-refractivity contribution in [3.8, 4) is 5.88 Å². The van der Waals surface area contributed by atoms with Gasteiger partial charge in [0, 0.05) is 12.4 Å². The number of H-pyrrole nitrogens is 1. The van der Waals surface area contributed by atoms with Crippen molar-refractivity contribution in [2.45, 2.75) is 32.9 Å². The van der Waals surface area contributed by atoms with Gasteiger partial charge in [-0.25, -0.2) is 4.98 Å². The van der Waals surface area contributed by atoms with Crippen LogP contribution in [0.2, 0.25) is 0 Å². The van der Waals surface area contributed by atoms with Crippen molar-refractivity contribution in [1.82, 2.24) is 15.2 Å². The van der Waals surface area contributed by atoms with E-state index < -0.39 is 0 Å². The van der Waals surface area contributed by atoms with E-state index in [-0.39, 0.29) is 12.1 Å². The van der Waals surface area contributed by atoms with E-state index in [1.807, 2.05) is 32.0 Å². The Hall–Kier alpha value is -2.04. The maximum absolute atomic E-state index is 5.66. The average Bonchev–Trinajstić information content (AvgIpc) is 2.84. The topological polar surface area (TPSA) is 62.8 Å². The third kappa shape index (κ3) is 3.00. The van der Waals surface area contributed by atoms with Crippen molar-refractivity contribution in [1.29, 1.82) is 0 Å². The SMILES string of the molecule is CC(C)Oc1ncccc1NC(C)c1ccn[nH]1. The van der Waals surface area contributed by atoms with Gasteiger partial charge in [-0.2, -0.15) is 5.10 Å². The summed E-state index contributed by atoms with van der Waals surface area (Å²) < 4.78 is 5.66. The van der Waals surface area contributed by atoms with E-state index in [1.54, 1.807) is 12.4 Å². The first kappa shape index (κ1) is 12.4. The van der Waals surface area contributed by atoms with Crippen molar-refractivity contribution in [2.75, 3.05) is 5.32 Å². The van der Waals surface area contributed by atoms with Gasteiger partial charge in [-0.15, -0.1) is 0 Å². The van der Waals surface area contributed by atoms with Gasteiger partial charge in [-0.3, -0.25) is 5.10 Å². The molecule has 0 saturated carbocycles.